The van der Waals surface area contributed by atoms with E-state index in [0.717, 1.165) is 18.7 Å². The van der Waals surface area contributed by atoms with Crippen LogP contribution in [0.2, 0.25) is 0 Å². The van der Waals surface area contributed by atoms with Crippen LogP contribution >= 0.6 is 0 Å². The molecule has 0 atom stereocenters. The third kappa shape index (κ3) is 3.72. The summed E-state index contributed by atoms with van der Waals surface area (Å²) in [5.74, 6) is -1.28. The molecule has 1 heterocycles. The molecule has 0 saturated heterocycles. The van der Waals surface area contributed by atoms with Crippen molar-refractivity contribution in [2.24, 2.45) is 0 Å². The van der Waals surface area contributed by atoms with Crippen LogP contribution in [0, 0.1) is 11.6 Å². The molecule has 2 aromatic rings. The Hall–Kier alpha value is -2.02. The van der Waals surface area contributed by atoms with E-state index in [1.165, 1.54) is 6.07 Å². The molecule has 1 aromatic carbocycles. The van der Waals surface area contributed by atoms with E-state index in [4.69, 9.17) is 4.42 Å². The average Bonchev–Trinajstić information content (AvgIpc) is 2.86. The summed E-state index contributed by atoms with van der Waals surface area (Å²) in [6, 6.07) is 3.94. The predicted molar refractivity (Wildman–Crippen MR) is 65.4 cm³/mol. The smallest absolute Gasteiger partial charge is 0.315 e. The van der Waals surface area contributed by atoms with E-state index in [-0.39, 0.29) is 12.6 Å². The highest BCUT2D eigenvalue weighted by molar-refractivity contribution is 5.24. The van der Waals surface area contributed by atoms with Crippen LogP contribution in [0.3, 0.4) is 0 Å². The lowest BCUT2D eigenvalue weighted by Crippen LogP contribution is -2.11. The Balaban J connectivity index is 1.91. The molecule has 7 heteroatoms. The zero-order valence-corrected chi connectivity index (χ0v) is 10.4. The number of anilines is 1. The highest BCUT2D eigenvalue weighted by atomic mass is 19.2. The number of benzene rings is 1. The van der Waals surface area contributed by atoms with E-state index < -0.39 is 11.6 Å². The fourth-order valence-electron chi connectivity index (χ4n) is 1.46. The lowest BCUT2D eigenvalue weighted by molar-refractivity contribution is 0.481. The van der Waals surface area contributed by atoms with Gasteiger partial charge in [0.05, 0.1) is 6.54 Å². The molecule has 0 spiro atoms. The quantitative estimate of drug-likeness (QED) is 0.839. The Bertz CT molecular complexity index is 544. The minimum absolute atomic E-state index is 0.248. The van der Waals surface area contributed by atoms with Crippen molar-refractivity contribution >= 4 is 6.01 Å². The zero-order chi connectivity index (χ0) is 13.7. The van der Waals surface area contributed by atoms with E-state index in [9.17, 15) is 8.78 Å². The van der Waals surface area contributed by atoms with Gasteiger partial charge in [0.2, 0.25) is 5.89 Å². The van der Waals surface area contributed by atoms with Crippen LogP contribution in [-0.2, 0) is 13.1 Å². The van der Waals surface area contributed by atoms with Crippen LogP contribution in [0.5, 0.6) is 0 Å². The maximum Gasteiger partial charge on any atom is 0.315 e. The van der Waals surface area contributed by atoms with Gasteiger partial charge in [-0.3, -0.25) is 0 Å². The van der Waals surface area contributed by atoms with Crippen molar-refractivity contribution in [2.45, 2.75) is 20.0 Å². The second-order valence-electron chi connectivity index (χ2n) is 3.88. The van der Waals surface area contributed by atoms with Gasteiger partial charge in [-0.15, -0.1) is 5.10 Å². The van der Waals surface area contributed by atoms with E-state index >= 15 is 0 Å². The summed E-state index contributed by atoms with van der Waals surface area (Å²) in [5.41, 5.74) is 0.588. The molecule has 0 saturated carbocycles. The van der Waals surface area contributed by atoms with Crippen molar-refractivity contribution in [2.75, 3.05) is 11.9 Å². The maximum absolute atomic E-state index is 13.0. The lowest BCUT2D eigenvalue weighted by Gasteiger charge is -2.02. The molecule has 2 N–H and O–H groups in total. The molecular weight excluding hydrogens is 254 g/mol. The van der Waals surface area contributed by atoms with Crippen LogP contribution in [-0.4, -0.2) is 16.7 Å². The van der Waals surface area contributed by atoms with E-state index in [1.54, 1.807) is 0 Å². The lowest BCUT2D eigenvalue weighted by atomic mass is 10.2. The first kappa shape index (κ1) is 13.4. The fraction of sp³-hybridized carbons (Fsp3) is 0.333. The summed E-state index contributed by atoms with van der Waals surface area (Å²) < 4.78 is 31.0. The Kier molecular flexibility index (Phi) is 4.40. The van der Waals surface area contributed by atoms with E-state index in [2.05, 4.69) is 20.8 Å². The summed E-state index contributed by atoms with van der Waals surface area (Å²) in [7, 11) is 0. The first-order valence-corrected chi connectivity index (χ1v) is 5.90. The number of aromatic nitrogens is 2. The van der Waals surface area contributed by atoms with Gasteiger partial charge in [-0.1, -0.05) is 18.1 Å². The predicted octanol–water partition coefficient (Wildman–Crippen LogP) is 2.07. The van der Waals surface area contributed by atoms with Crippen LogP contribution in [0.25, 0.3) is 0 Å². The fourth-order valence-corrected chi connectivity index (χ4v) is 1.46. The number of rotatable bonds is 6. The van der Waals surface area contributed by atoms with Crippen LogP contribution in [0.1, 0.15) is 18.4 Å². The molecule has 0 bridgehead atoms. The Labute approximate surface area is 109 Å². The molecule has 0 radical (unpaired) electrons. The van der Waals surface area contributed by atoms with Gasteiger partial charge in [-0.25, -0.2) is 8.78 Å². The van der Waals surface area contributed by atoms with Crippen LogP contribution < -0.4 is 10.6 Å². The van der Waals surface area contributed by atoms with E-state index in [1.807, 2.05) is 6.92 Å². The molecule has 19 heavy (non-hydrogen) atoms. The average molecular weight is 268 g/mol. The van der Waals surface area contributed by atoms with Gasteiger partial charge in [0.25, 0.3) is 0 Å². The van der Waals surface area contributed by atoms with Gasteiger partial charge in [-0.2, -0.15) is 0 Å². The molecule has 0 fully saturated rings. The van der Waals surface area contributed by atoms with Gasteiger partial charge in [0.15, 0.2) is 11.6 Å². The number of nitrogens with one attached hydrogen (secondary N) is 2. The van der Waals surface area contributed by atoms with Crippen molar-refractivity contribution in [1.29, 1.82) is 0 Å². The summed E-state index contributed by atoms with van der Waals surface area (Å²) in [6.07, 6.45) is 0. The Morgan fingerprint density at radius 3 is 2.74 bits per heavy atom. The van der Waals surface area contributed by atoms with Crippen molar-refractivity contribution in [1.82, 2.24) is 15.5 Å². The summed E-state index contributed by atoms with van der Waals surface area (Å²) in [5, 5.41) is 13.5. The topological polar surface area (TPSA) is 63.0 Å². The molecule has 0 aliphatic carbocycles. The SMILES string of the molecule is CCNCc1nnc(NCc2ccc(F)c(F)c2)o1. The molecule has 0 aliphatic heterocycles. The van der Waals surface area contributed by atoms with Gasteiger partial charge in [0.1, 0.15) is 0 Å². The third-order valence-electron chi connectivity index (χ3n) is 2.42. The maximum atomic E-state index is 13.0. The number of halogens is 2. The van der Waals surface area contributed by atoms with Crippen molar-refractivity contribution in [3.63, 3.8) is 0 Å². The molecule has 0 aliphatic rings. The Morgan fingerprint density at radius 1 is 1.16 bits per heavy atom. The van der Waals surface area contributed by atoms with Gasteiger partial charge >= 0.3 is 6.01 Å². The molecular formula is C12H14F2N4O. The summed E-state index contributed by atoms with van der Waals surface area (Å²) in [6.45, 7) is 3.55. The Morgan fingerprint density at radius 2 is 2.00 bits per heavy atom. The summed E-state index contributed by atoms with van der Waals surface area (Å²) in [4.78, 5) is 0. The van der Waals surface area contributed by atoms with Gasteiger partial charge < -0.3 is 15.1 Å². The van der Waals surface area contributed by atoms with Crippen molar-refractivity contribution < 1.29 is 13.2 Å². The first-order chi connectivity index (χ1) is 9.19. The monoisotopic (exact) mass is 268 g/mol. The molecule has 0 amide bonds. The molecule has 5 nitrogen and oxygen atoms in total. The number of nitrogens with zero attached hydrogens (tertiary/aromatic N) is 2. The summed E-state index contributed by atoms with van der Waals surface area (Å²) >= 11 is 0. The zero-order valence-electron chi connectivity index (χ0n) is 10.4. The largest absolute Gasteiger partial charge is 0.407 e. The second-order valence-corrected chi connectivity index (χ2v) is 3.88. The van der Waals surface area contributed by atoms with Crippen molar-refractivity contribution in [3.8, 4) is 0 Å². The number of hydrogen-bond acceptors (Lipinski definition) is 5. The molecule has 0 unspecified atom stereocenters. The minimum atomic E-state index is -0.877. The highest BCUT2D eigenvalue weighted by Crippen LogP contribution is 2.11. The molecule has 2 rings (SSSR count). The van der Waals surface area contributed by atoms with Crippen LogP contribution in [0.15, 0.2) is 22.6 Å². The highest BCUT2D eigenvalue weighted by Gasteiger charge is 2.06. The van der Waals surface area contributed by atoms with Gasteiger partial charge in [0, 0.05) is 6.54 Å². The first-order valence-electron chi connectivity index (χ1n) is 5.90. The van der Waals surface area contributed by atoms with Crippen molar-refractivity contribution in [3.05, 3.63) is 41.3 Å². The van der Waals surface area contributed by atoms with Gasteiger partial charge in [-0.05, 0) is 24.2 Å². The third-order valence-corrected chi connectivity index (χ3v) is 2.42. The standard InChI is InChI=1S/C12H14F2N4O/c1-2-15-7-11-17-18-12(19-11)16-6-8-3-4-9(13)10(14)5-8/h3-5,15H,2,6-7H2,1H3,(H,16,18). The van der Waals surface area contributed by atoms with E-state index in [0.29, 0.717) is 18.0 Å². The molecule has 102 valence electrons. The normalized spacial score (nSPS) is 10.7. The number of hydrogen-bond donors (Lipinski definition) is 2. The minimum Gasteiger partial charge on any atom is -0.407 e. The molecule has 1 aromatic heterocycles. The van der Waals surface area contributed by atoms with Crippen LogP contribution in [0.4, 0.5) is 14.8 Å². The second kappa shape index (κ2) is 6.24.